The maximum absolute atomic E-state index is 12.3. The summed E-state index contributed by atoms with van der Waals surface area (Å²) < 4.78 is 42.1. The van der Waals surface area contributed by atoms with Crippen molar-refractivity contribution in [3.63, 3.8) is 0 Å². The molecule has 0 saturated heterocycles. The molecule has 0 aliphatic heterocycles. The van der Waals surface area contributed by atoms with Gasteiger partial charge in [0.15, 0.2) is 0 Å². The average Bonchev–Trinajstić information content (AvgIpc) is 2.97. The van der Waals surface area contributed by atoms with Crippen LogP contribution in [-0.4, -0.2) is 13.6 Å². The molecule has 1 saturated carbocycles. The van der Waals surface area contributed by atoms with Gasteiger partial charge >= 0.3 is 58.4 Å². The Kier molecular flexibility index (Phi) is 5.38. The number of hydrogen-bond donors (Lipinski definition) is 0. The van der Waals surface area contributed by atoms with E-state index >= 15 is 0 Å². The Labute approximate surface area is 135 Å². The second-order valence-electron chi connectivity index (χ2n) is 3.90. The third-order valence-electron chi connectivity index (χ3n) is 2.44. The molecule has 0 N–H and O–H groups in total. The first kappa shape index (κ1) is 14.6. The molecule has 0 radical (unpaired) electrons. The Hall–Kier alpha value is 0.511. The van der Waals surface area contributed by atoms with Crippen LogP contribution in [0.5, 0.6) is 5.75 Å². The molecule has 16 heavy (non-hydrogen) atoms. The van der Waals surface area contributed by atoms with Gasteiger partial charge in [0.25, 0.3) is 0 Å². The average molecular weight is 254 g/mol. The number of benzene rings is 1. The Balaban J connectivity index is 0.00000128. The summed E-state index contributed by atoms with van der Waals surface area (Å²) in [6, 6.07) is 4.91. The van der Waals surface area contributed by atoms with E-state index in [4.69, 9.17) is 4.74 Å². The summed E-state index contributed by atoms with van der Waals surface area (Å²) in [7, 11) is 0. The van der Waals surface area contributed by atoms with E-state index < -0.39 is 12.4 Å². The second kappa shape index (κ2) is 5.91. The van der Waals surface area contributed by atoms with Gasteiger partial charge in [0.1, 0.15) is 5.75 Å². The minimum Gasteiger partial charge on any atom is -0.493 e. The molecule has 1 aliphatic carbocycles. The summed E-state index contributed by atoms with van der Waals surface area (Å²) in [5.74, 6) is 1.13. The van der Waals surface area contributed by atoms with Gasteiger partial charge in [-0.15, -0.1) is 5.46 Å². The molecule has 0 bridgehead atoms. The zero-order valence-electron chi connectivity index (χ0n) is 9.13. The quantitative estimate of drug-likeness (QED) is 0.660. The molecule has 0 heterocycles. The third kappa shape index (κ3) is 4.41. The van der Waals surface area contributed by atoms with Gasteiger partial charge < -0.3 is 17.7 Å². The first-order chi connectivity index (χ1) is 7.05. The van der Waals surface area contributed by atoms with Gasteiger partial charge in [0.2, 0.25) is 0 Å². The zero-order chi connectivity index (χ0) is 10.9. The number of halogens is 3. The predicted molar refractivity (Wildman–Crippen MR) is 53.4 cm³/mol. The molecule has 2 rings (SSSR count). The summed E-state index contributed by atoms with van der Waals surface area (Å²) in [5, 5.41) is 0. The summed E-state index contributed by atoms with van der Waals surface area (Å²) in [4.78, 5) is 0. The van der Waals surface area contributed by atoms with Gasteiger partial charge in [-0.25, -0.2) is 0 Å². The van der Waals surface area contributed by atoms with Crippen LogP contribution in [0.3, 0.4) is 0 Å². The van der Waals surface area contributed by atoms with Crippen LogP contribution in [0, 0.1) is 5.92 Å². The van der Waals surface area contributed by atoms with E-state index in [0.717, 1.165) is 12.1 Å². The van der Waals surface area contributed by atoms with Crippen LogP contribution >= 0.6 is 0 Å². The predicted octanol–water partition coefficient (Wildman–Crippen LogP) is -0.466. The monoisotopic (exact) mass is 254 g/mol. The van der Waals surface area contributed by atoms with Crippen molar-refractivity contribution in [3.8, 4) is 5.75 Å². The van der Waals surface area contributed by atoms with Gasteiger partial charge in [-0.05, 0) is 30.9 Å². The zero-order valence-corrected chi connectivity index (χ0v) is 12.3. The first-order valence-electron chi connectivity index (χ1n) is 4.98. The van der Waals surface area contributed by atoms with Crippen LogP contribution in [0.25, 0.3) is 0 Å². The van der Waals surface area contributed by atoms with Crippen LogP contribution in [-0.2, 0) is 0 Å². The van der Waals surface area contributed by atoms with E-state index in [1.54, 1.807) is 0 Å². The summed E-state index contributed by atoms with van der Waals surface area (Å²) >= 11 is 0. The number of hydrogen-bond acceptors (Lipinski definition) is 1. The van der Waals surface area contributed by atoms with Crippen LogP contribution in [0.1, 0.15) is 12.8 Å². The standard InChI is InChI=1S/C10H11BF3O.K/c12-11(13,14)9-3-5-10(6-4-9)15-7-8-1-2-8;/h3-6,8H,1-2,7H2;/q-1;+1. The topological polar surface area (TPSA) is 9.23 Å². The summed E-state index contributed by atoms with van der Waals surface area (Å²) in [6.45, 7) is -4.27. The molecule has 0 aromatic heterocycles. The minimum atomic E-state index is -4.89. The number of ether oxygens (including phenoxy) is 1. The smallest absolute Gasteiger partial charge is 0.493 e. The molecule has 1 aliphatic rings. The van der Waals surface area contributed by atoms with Crippen molar-refractivity contribution in [2.45, 2.75) is 12.8 Å². The van der Waals surface area contributed by atoms with E-state index in [1.165, 1.54) is 25.0 Å². The molecule has 1 aromatic rings. The van der Waals surface area contributed by atoms with Gasteiger partial charge in [-0.3, -0.25) is 0 Å². The van der Waals surface area contributed by atoms with Crippen molar-refractivity contribution >= 4 is 12.4 Å². The Morgan fingerprint density at radius 3 is 2.12 bits per heavy atom. The van der Waals surface area contributed by atoms with Crippen LogP contribution in [0.15, 0.2) is 24.3 Å². The fourth-order valence-corrected chi connectivity index (χ4v) is 1.28. The molecule has 6 heteroatoms. The maximum Gasteiger partial charge on any atom is 1.00 e. The Morgan fingerprint density at radius 2 is 1.69 bits per heavy atom. The molecule has 1 aromatic carbocycles. The molecular formula is C10H11BF3KO. The van der Waals surface area contributed by atoms with Crippen molar-refractivity contribution in [2.24, 2.45) is 5.92 Å². The van der Waals surface area contributed by atoms with E-state index in [2.05, 4.69) is 0 Å². The first-order valence-corrected chi connectivity index (χ1v) is 4.98. The Bertz CT molecular complexity index is 335. The molecule has 0 amide bonds. The van der Waals surface area contributed by atoms with Gasteiger partial charge in [0, 0.05) is 0 Å². The van der Waals surface area contributed by atoms with Gasteiger partial charge in [-0.2, -0.15) is 0 Å². The second-order valence-corrected chi connectivity index (χ2v) is 3.90. The minimum absolute atomic E-state index is 0. The van der Waals surface area contributed by atoms with Crippen LogP contribution in [0.4, 0.5) is 12.9 Å². The third-order valence-corrected chi connectivity index (χ3v) is 2.44. The molecule has 82 valence electrons. The Morgan fingerprint density at radius 1 is 1.12 bits per heavy atom. The molecule has 0 spiro atoms. The van der Waals surface area contributed by atoms with E-state index in [9.17, 15) is 12.9 Å². The summed E-state index contributed by atoms with van der Waals surface area (Å²) in [6.07, 6.45) is 2.34. The fourth-order valence-electron chi connectivity index (χ4n) is 1.28. The molecule has 1 nitrogen and oxygen atoms in total. The van der Waals surface area contributed by atoms with Crippen LogP contribution < -0.4 is 61.6 Å². The summed E-state index contributed by atoms with van der Waals surface area (Å²) in [5.41, 5.74) is -0.575. The SMILES string of the molecule is F[B-](F)(F)c1ccc(OCC2CC2)cc1.[K+]. The normalized spacial score (nSPS) is 15.4. The van der Waals surface area contributed by atoms with Crippen molar-refractivity contribution in [1.29, 1.82) is 0 Å². The van der Waals surface area contributed by atoms with Gasteiger partial charge in [0.05, 0.1) is 6.61 Å². The van der Waals surface area contributed by atoms with E-state index in [-0.39, 0.29) is 51.4 Å². The number of rotatable bonds is 4. The van der Waals surface area contributed by atoms with E-state index in [0.29, 0.717) is 18.3 Å². The molecule has 1 fully saturated rings. The molecule has 0 unspecified atom stereocenters. The molecule has 0 atom stereocenters. The van der Waals surface area contributed by atoms with Crippen molar-refractivity contribution < 1.29 is 69.1 Å². The largest absolute Gasteiger partial charge is 1.00 e. The van der Waals surface area contributed by atoms with E-state index in [1.807, 2.05) is 0 Å². The van der Waals surface area contributed by atoms with Crippen molar-refractivity contribution in [3.05, 3.63) is 24.3 Å². The van der Waals surface area contributed by atoms with Gasteiger partial charge in [-0.1, -0.05) is 12.1 Å². The van der Waals surface area contributed by atoms with Crippen molar-refractivity contribution in [1.82, 2.24) is 0 Å². The maximum atomic E-state index is 12.3. The van der Waals surface area contributed by atoms with Crippen molar-refractivity contribution in [2.75, 3.05) is 6.61 Å². The molecular weight excluding hydrogens is 243 g/mol. The fraction of sp³-hybridized carbons (Fsp3) is 0.400. The van der Waals surface area contributed by atoms with Crippen LogP contribution in [0.2, 0.25) is 0 Å².